The highest BCUT2D eigenvalue weighted by Gasteiger charge is 2.21. The van der Waals surface area contributed by atoms with E-state index in [1.54, 1.807) is 12.1 Å². The lowest BCUT2D eigenvalue weighted by Gasteiger charge is -2.21. The molecular formula is C11H13ClN2O3. The van der Waals surface area contributed by atoms with E-state index in [-0.39, 0.29) is 19.2 Å². The lowest BCUT2D eigenvalue weighted by molar-refractivity contribution is 0.0884. The van der Waals surface area contributed by atoms with Gasteiger partial charge in [-0.3, -0.25) is 4.79 Å². The van der Waals surface area contributed by atoms with Crippen molar-refractivity contribution in [2.45, 2.75) is 6.42 Å². The maximum Gasteiger partial charge on any atom is 0.257 e. The van der Waals surface area contributed by atoms with Crippen molar-refractivity contribution in [3.63, 3.8) is 0 Å². The second kappa shape index (κ2) is 5.25. The second-order valence-corrected chi connectivity index (χ2v) is 4.06. The molecule has 17 heavy (non-hydrogen) atoms. The molecule has 0 radical (unpaired) electrons. The van der Waals surface area contributed by atoms with Gasteiger partial charge in [-0.1, -0.05) is 11.6 Å². The van der Waals surface area contributed by atoms with Gasteiger partial charge in [-0.2, -0.15) is 0 Å². The van der Waals surface area contributed by atoms with Gasteiger partial charge in [-0.15, -0.1) is 0 Å². The molecule has 0 saturated carbocycles. The van der Waals surface area contributed by atoms with Crippen molar-refractivity contribution in [1.82, 2.24) is 5.32 Å². The summed E-state index contributed by atoms with van der Waals surface area (Å²) in [6.07, 6.45) is 0.619. The van der Waals surface area contributed by atoms with Crippen molar-refractivity contribution in [3.05, 3.63) is 22.7 Å². The number of amides is 1. The fraction of sp³-hybridized carbons (Fsp3) is 0.364. The first-order valence-electron chi connectivity index (χ1n) is 5.31. The number of aliphatic hydroxyl groups excluding tert-OH is 1. The van der Waals surface area contributed by atoms with Crippen LogP contribution in [0.2, 0.25) is 5.02 Å². The van der Waals surface area contributed by atoms with Crippen LogP contribution in [-0.2, 0) is 0 Å². The molecule has 0 atom stereocenters. The number of hydrogen-bond donors (Lipinski definition) is 3. The average molecular weight is 257 g/mol. The standard InChI is InChI=1S/C11H13ClN2O3/c12-7-4-8-10(17-6-14-11(8)16)9(5-7)13-2-1-3-15/h4-5,13,15H,1-3,6H2,(H,14,16). The minimum absolute atomic E-state index is 0.108. The van der Waals surface area contributed by atoms with Crippen molar-refractivity contribution in [2.75, 3.05) is 25.2 Å². The second-order valence-electron chi connectivity index (χ2n) is 3.63. The monoisotopic (exact) mass is 256 g/mol. The largest absolute Gasteiger partial charge is 0.470 e. The zero-order valence-corrected chi connectivity index (χ0v) is 9.88. The molecule has 0 aromatic heterocycles. The van der Waals surface area contributed by atoms with Crippen LogP contribution in [0.25, 0.3) is 0 Å². The summed E-state index contributed by atoms with van der Waals surface area (Å²) in [6.45, 7) is 0.855. The van der Waals surface area contributed by atoms with Crippen LogP contribution in [0.3, 0.4) is 0 Å². The molecule has 0 bridgehead atoms. The zero-order chi connectivity index (χ0) is 12.3. The number of fused-ring (bicyclic) bond motifs is 1. The third-order valence-electron chi connectivity index (χ3n) is 2.40. The van der Waals surface area contributed by atoms with Crippen molar-refractivity contribution >= 4 is 23.2 Å². The van der Waals surface area contributed by atoms with Crippen LogP contribution < -0.4 is 15.4 Å². The van der Waals surface area contributed by atoms with Gasteiger partial charge in [0.15, 0.2) is 12.5 Å². The van der Waals surface area contributed by atoms with E-state index >= 15 is 0 Å². The fourth-order valence-electron chi connectivity index (χ4n) is 1.62. The number of nitrogens with one attached hydrogen (secondary N) is 2. The summed E-state index contributed by atoms with van der Waals surface area (Å²) >= 11 is 5.93. The smallest absolute Gasteiger partial charge is 0.257 e. The Bertz CT molecular complexity index is 437. The first-order chi connectivity index (χ1) is 8.22. The molecule has 1 heterocycles. The van der Waals surface area contributed by atoms with E-state index in [4.69, 9.17) is 21.4 Å². The van der Waals surface area contributed by atoms with E-state index in [0.29, 0.717) is 35.0 Å². The Balaban J connectivity index is 2.28. The quantitative estimate of drug-likeness (QED) is 0.709. The van der Waals surface area contributed by atoms with Gasteiger partial charge in [0.25, 0.3) is 5.91 Å². The number of benzene rings is 1. The van der Waals surface area contributed by atoms with Crippen molar-refractivity contribution in [3.8, 4) is 5.75 Å². The van der Waals surface area contributed by atoms with E-state index in [1.807, 2.05) is 0 Å². The molecule has 1 aliphatic rings. The number of halogens is 1. The minimum atomic E-state index is -0.195. The van der Waals surface area contributed by atoms with Crippen LogP contribution in [0.15, 0.2) is 12.1 Å². The number of hydrogen-bond acceptors (Lipinski definition) is 4. The Hall–Kier alpha value is -1.46. The van der Waals surface area contributed by atoms with Gasteiger partial charge in [0, 0.05) is 18.2 Å². The average Bonchev–Trinajstić information content (AvgIpc) is 2.31. The summed E-state index contributed by atoms with van der Waals surface area (Å²) in [5.41, 5.74) is 1.10. The molecule has 5 nitrogen and oxygen atoms in total. The van der Waals surface area contributed by atoms with Crippen LogP contribution >= 0.6 is 11.6 Å². The van der Waals surface area contributed by atoms with Gasteiger partial charge in [-0.25, -0.2) is 0 Å². The number of aliphatic hydroxyl groups is 1. The van der Waals surface area contributed by atoms with Crippen LogP contribution in [-0.4, -0.2) is 30.9 Å². The van der Waals surface area contributed by atoms with E-state index in [2.05, 4.69) is 10.6 Å². The molecule has 0 aliphatic carbocycles. The van der Waals surface area contributed by atoms with E-state index in [0.717, 1.165) is 0 Å². The topological polar surface area (TPSA) is 70.6 Å². The Morgan fingerprint density at radius 1 is 1.53 bits per heavy atom. The molecule has 0 unspecified atom stereocenters. The number of carbonyl (C=O) groups excluding carboxylic acids is 1. The highest BCUT2D eigenvalue weighted by Crippen LogP contribution is 2.34. The molecule has 0 saturated heterocycles. The molecule has 0 fully saturated rings. The predicted molar refractivity (Wildman–Crippen MR) is 64.6 cm³/mol. The third-order valence-corrected chi connectivity index (χ3v) is 2.62. The molecule has 6 heteroatoms. The van der Waals surface area contributed by atoms with Gasteiger partial charge in [0.2, 0.25) is 0 Å². The number of ether oxygens (including phenoxy) is 1. The molecule has 92 valence electrons. The summed E-state index contributed by atoms with van der Waals surface area (Å²) < 4.78 is 5.40. The summed E-state index contributed by atoms with van der Waals surface area (Å²) in [5.74, 6) is 0.315. The van der Waals surface area contributed by atoms with Crippen LogP contribution in [0.4, 0.5) is 5.69 Å². The van der Waals surface area contributed by atoms with Crippen molar-refractivity contribution in [2.24, 2.45) is 0 Å². The van der Waals surface area contributed by atoms with Gasteiger partial charge in [-0.05, 0) is 18.6 Å². The van der Waals surface area contributed by atoms with Crippen molar-refractivity contribution < 1.29 is 14.6 Å². The number of carbonyl (C=O) groups is 1. The Kier molecular flexibility index (Phi) is 3.71. The SMILES string of the molecule is O=C1NCOc2c(NCCCO)cc(Cl)cc21. The molecule has 1 amide bonds. The summed E-state index contributed by atoms with van der Waals surface area (Å²) in [6, 6.07) is 3.28. The van der Waals surface area contributed by atoms with Gasteiger partial charge < -0.3 is 20.5 Å². The number of rotatable bonds is 4. The number of anilines is 1. The first-order valence-corrected chi connectivity index (χ1v) is 5.69. The third kappa shape index (κ3) is 2.62. The van der Waals surface area contributed by atoms with Crippen LogP contribution in [0, 0.1) is 0 Å². The molecule has 1 aromatic rings. The van der Waals surface area contributed by atoms with Crippen LogP contribution in [0.1, 0.15) is 16.8 Å². The Morgan fingerprint density at radius 2 is 2.35 bits per heavy atom. The highest BCUT2D eigenvalue weighted by atomic mass is 35.5. The maximum atomic E-state index is 11.6. The van der Waals surface area contributed by atoms with E-state index in [9.17, 15) is 4.79 Å². The summed E-state index contributed by atoms with van der Waals surface area (Å²) in [4.78, 5) is 11.6. The normalized spacial score (nSPS) is 13.6. The van der Waals surface area contributed by atoms with E-state index in [1.165, 1.54) is 0 Å². The molecule has 0 spiro atoms. The predicted octanol–water partition coefficient (Wildman–Crippen LogP) is 1.21. The minimum Gasteiger partial charge on any atom is -0.470 e. The highest BCUT2D eigenvalue weighted by molar-refractivity contribution is 6.31. The lowest BCUT2D eigenvalue weighted by atomic mass is 10.1. The molecular weight excluding hydrogens is 244 g/mol. The Morgan fingerprint density at radius 3 is 3.12 bits per heavy atom. The summed E-state index contributed by atoms with van der Waals surface area (Å²) in [5, 5.41) is 14.8. The molecule has 3 N–H and O–H groups in total. The zero-order valence-electron chi connectivity index (χ0n) is 9.12. The first kappa shape index (κ1) is 12.0. The maximum absolute atomic E-state index is 11.6. The van der Waals surface area contributed by atoms with Gasteiger partial charge in [0.1, 0.15) is 0 Å². The van der Waals surface area contributed by atoms with Crippen molar-refractivity contribution in [1.29, 1.82) is 0 Å². The Labute approximate surface area is 104 Å². The fourth-order valence-corrected chi connectivity index (χ4v) is 1.84. The summed E-state index contributed by atoms with van der Waals surface area (Å²) in [7, 11) is 0. The molecule has 1 aliphatic heterocycles. The van der Waals surface area contributed by atoms with Gasteiger partial charge in [0.05, 0.1) is 11.3 Å². The molecule has 1 aromatic carbocycles. The molecule has 2 rings (SSSR count). The van der Waals surface area contributed by atoms with Gasteiger partial charge >= 0.3 is 0 Å². The van der Waals surface area contributed by atoms with E-state index < -0.39 is 0 Å². The lowest BCUT2D eigenvalue weighted by Crippen LogP contribution is -2.33. The van der Waals surface area contributed by atoms with Crippen LogP contribution in [0.5, 0.6) is 5.75 Å².